The number of aliphatic hydroxyl groups is 1. The van der Waals surface area contributed by atoms with Crippen molar-refractivity contribution in [2.24, 2.45) is 17.3 Å². The molecular weight excluding hydrogens is 174 g/mol. The van der Waals surface area contributed by atoms with Crippen molar-refractivity contribution in [3.63, 3.8) is 0 Å². The van der Waals surface area contributed by atoms with E-state index < -0.39 is 0 Å². The maximum Gasteiger partial charge on any atom is 0.0628 e. The molecule has 2 rings (SSSR count). The van der Waals surface area contributed by atoms with Gasteiger partial charge in [-0.3, -0.25) is 0 Å². The van der Waals surface area contributed by atoms with Crippen molar-refractivity contribution in [2.45, 2.75) is 51.7 Å². The summed E-state index contributed by atoms with van der Waals surface area (Å²) in [5.41, 5.74) is 0.294. The molecule has 0 aromatic heterocycles. The fourth-order valence-electron chi connectivity index (χ4n) is 3.48. The van der Waals surface area contributed by atoms with Crippen molar-refractivity contribution in [3.8, 4) is 0 Å². The zero-order valence-electron chi connectivity index (χ0n) is 9.59. The van der Waals surface area contributed by atoms with Crippen molar-refractivity contribution < 1.29 is 5.11 Å². The Morgan fingerprint density at radius 1 is 1.36 bits per heavy atom. The second-order valence-electron chi connectivity index (χ2n) is 5.65. The van der Waals surface area contributed by atoms with Gasteiger partial charge in [0.05, 0.1) is 6.10 Å². The third-order valence-corrected chi connectivity index (χ3v) is 4.58. The van der Waals surface area contributed by atoms with Crippen LogP contribution in [0.15, 0.2) is 0 Å². The van der Waals surface area contributed by atoms with Crippen LogP contribution in [0, 0.1) is 17.3 Å². The molecule has 2 unspecified atom stereocenters. The van der Waals surface area contributed by atoms with E-state index in [1.54, 1.807) is 0 Å². The SMILES string of the molecule is CNC1CC2(CCC(C(C)C)C2O)C1. The van der Waals surface area contributed by atoms with Crippen LogP contribution < -0.4 is 5.32 Å². The molecule has 2 aliphatic rings. The molecule has 82 valence electrons. The molecule has 0 bridgehead atoms. The Balaban J connectivity index is 1.98. The van der Waals surface area contributed by atoms with Gasteiger partial charge in [-0.25, -0.2) is 0 Å². The molecule has 0 amide bonds. The average Bonchev–Trinajstić information content (AvgIpc) is 2.40. The smallest absolute Gasteiger partial charge is 0.0628 e. The van der Waals surface area contributed by atoms with Gasteiger partial charge in [-0.1, -0.05) is 13.8 Å². The van der Waals surface area contributed by atoms with E-state index in [1.807, 2.05) is 7.05 Å². The Morgan fingerprint density at radius 3 is 2.43 bits per heavy atom. The maximum atomic E-state index is 10.3. The van der Waals surface area contributed by atoms with Crippen molar-refractivity contribution in [3.05, 3.63) is 0 Å². The molecule has 2 N–H and O–H groups in total. The van der Waals surface area contributed by atoms with Crippen LogP contribution in [0.4, 0.5) is 0 Å². The first-order chi connectivity index (χ1) is 6.59. The highest BCUT2D eigenvalue weighted by Gasteiger charge is 2.55. The summed E-state index contributed by atoms with van der Waals surface area (Å²) in [5.74, 6) is 1.19. The summed E-state index contributed by atoms with van der Waals surface area (Å²) in [6.07, 6.45) is 4.82. The van der Waals surface area contributed by atoms with Crippen LogP contribution in [0.1, 0.15) is 39.5 Å². The minimum atomic E-state index is -0.0351. The Hall–Kier alpha value is -0.0800. The molecule has 2 fully saturated rings. The monoisotopic (exact) mass is 197 g/mol. The van der Waals surface area contributed by atoms with Crippen LogP contribution in [-0.4, -0.2) is 24.3 Å². The normalized spacial score (nSPS) is 47.4. The summed E-state index contributed by atoms with van der Waals surface area (Å²) in [5, 5.41) is 13.6. The van der Waals surface area contributed by atoms with Gasteiger partial charge in [-0.05, 0) is 50.0 Å². The van der Waals surface area contributed by atoms with Gasteiger partial charge in [0, 0.05) is 6.04 Å². The van der Waals surface area contributed by atoms with E-state index in [0.29, 0.717) is 23.3 Å². The molecule has 0 saturated heterocycles. The Kier molecular flexibility index (Phi) is 2.61. The van der Waals surface area contributed by atoms with Gasteiger partial charge >= 0.3 is 0 Å². The first-order valence-electron chi connectivity index (χ1n) is 5.94. The quantitative estimate of drug-likeness (QED) is 0.707. The number of rotatable bonds is 2. The standard InChI is InChI=1S/C12H23NO/c1-8(2)10-4-5-12(11(10)14)6-9(7-12)13-3/h8-11,13-14H,4-7H2,1-3H3. The van der Waals surface area contributed by atoms with E-state index in [2.05, 4.69) is 19.2 Å². The van der Waals surface area contributed by atoms with Gasteiger partial charge in [0.25, 0.3) is 0 Å². The molecule has 0 aromatic carbocycles. The number of aliphatic hydroxyl groups excluding tert-OH is 1. The van der Waals surface area contributed by atoms with Crippen LogP contribution in [0.25, 0.3) is 0 Å². The fourth-order valence-corrected chi connectivity index (χ4v) is 3.48. The molecule has 2 atom stereocenters. The van der Waals surface area contributed by atoms with Crippen molar-refractivity contribution >= 4 is 0 Å². The zero-order valence-corrected chi connectivity index (χ0v) is 9.59. The van der Waals surface area contributed by atoms with Crippen LogP contribution in [-0.2, 0) is 0 Å². The Bertz CT molecular complexity index is 208. The summed E-state index contributed by atoms with van der Waals surface area (Å²) in [6.45, 7) is 4.47. The highest BCUT2D eigenvalue weighted by atomic mass is 16.3. The van der Waals surface area contributed by atoms with E-state index in [4.69, 9.17) is 0 Å². The van der Waals surface area contributed by atoms with Crippen LogP contribution in [0.5, 0.6) is 0 Å². The second kappa shape index (κ2) is 3.49. The van der Waals surface area contributed by atoms with Gasteiger partial charge in [0.1, 0.15) is 0 Å². The lowest BCUT2D eigenvalue weighted by molar-refractivity contribution is -0.0529. The number of hydrogen-bond donors (Lipinski definition) is 2. The predicted molar refractivity (Wildman–Crippen MR) is 58.1 cm³/mol. The second-order valence-corrected chi connectivity index (χ2v) is 5.65. The van der Waals surface area contributed by atoms with Crippen molar-refractivity contribution in [1.29, 1.82) is 0 Å². The van der Waals surface area contributed by atoms with E-state index in [-0.39, 0.29) is 6.10 Å². The summed E-state index contributed by atoms with van der Waals surface area (Å²) in [7, 11) is 2.03. The minimum absolute atomic E-state index is 0.0351. The molecule has 2 heteroatoms. The molecule has 0 aliphatic heterocycles. The Morgan fingerprint density at radius 2 is 2.00 bits per heavy atom. The molecule has 0 radical (unpaired) electrons. The number of nitrogens with one attached hydrogen (secondary N) is 1. The van der Waals surface area contributed by atoms with Crippen LogP contribution in [0.3, 0.4) is 0 Å². The average molecular weight is 197 g/mol. The van der Waals surface area contributed by atoms with E-state index in [0.717, 1.165) is 0 Å². The van der Waals surface area contributed by atoms with Gasteiger partial charge < -0.3 is 10.4 Å². The summed E-state index contributed by atoms with van der Waals surface area (Å²) in [4.78, 5) is 0. The lowest BCUT2D eigenvalue weighted by Gasteiger charge is -2.48. The highest BCUT2D eigenvalue weighted by Crippen LogP contribution is 2.56. The first-order valence-corrected chi connectivity index (χ1v) is 5.94. The largest absolute Gasteiger partial charge is 0.392 e. The Labute approximate surface area is 87.1 Å². The molecule has 0 heterocycles. The third-order valence-electron chi connectivity index (χ3n) is 4.58. The van der Waals surface area contributed by atoms with E-state index >= 15 is 0 Å². The third kappa shape index (κ3) is 1.40. The molecule has 2 nitrogen and oxygen atoms in total. The van der Waals surface area contributed by atoms with Gasteiger partial charge in [-0.2, -0.15) is 0 Å². The lowest BCUT2D eigenvalue weighted by Crippen LogP contribution is -2.52. The minimum Gasteiger partial charge on any atom is -0.392 e. The molecule has 2 aliphatic carbocycles. The predicted octanol–water partition coefficient (Wildman–Crippen LogP) is 1.78. The van der Waals surface area contributed by atoms with Gasteiger partial charge in [-0.15, -0.1) is 0 Å². The van der Waals surface area contributed by atoms with Gasteiger partial charge in [0.2, 0.25) is 0 Å². The molecule has 0 aromatic rings. The molecule has 1 spiro atoms. The van der Waals surface area contributed by atoms with Gasteiger partial charge in [0.15, 0.2) is 0 Å². The van der Waals surface area contributed by atoms with E-state index in [1.165, 1.54) is 25.7 Å². The molecule has 2 saturated carbocycles. The lowest BCUT2D eigenvalue weighted by atomic mass is 9.62. The number of hydrogen-bond acceptors (Lipinski definition) is 2. The van der Waals surface area contributed by atoms with Crippen LogP contribution >= 0.6 is 0 Å². The zero-order chi connectivity index (χ0) is 10.3. The van der Waals surface area contributed by atoms with Crippen molar-refractivity contribution in [2.75, 3.05) is 7.05 Å². The van der Waals surface area contributed by atoms with E-state index in [9.17, 15) is 5.11 Å². The van der Waals surface area contributed by atoms with Crippen molar-refractivity contribution in [1.82, 2.24) is 5.32 Å². The maximum absolute atomic E-state index is 10.3. The summed E-state index contributed by atoms with van der Waals surface area (Å²) < 4.78 is 0. The molecule has 14 heavy (non-hydrogen) atoms. The summed E-state index contributed by atoms with van der Waals surface area (Å²) in [6, 6.07) is 0.663. The highest BCUT2D eigenvalue weighted by molar-refractivity contribution is 5.07. The van der Waals surface area contributed by atoms with Crippen LogP contribution in [0.2, 0.25) is 0 Å². The first kappa shape index (κ1) is 10.4. The summed E-state index contributed by atoms with van der Waals surface area (Å²) >= 11 is 0. The molecular formula is C12H23NO. The fraction of sp³-hybridized carbons (Fsp3) is 1.00. The topological polar surface area (TPSA) is 32.3 Å².